The smallest absolute Gasteiger partial charge is 0.338 e. The number of hydrogen-bond acceptors (Lipinski definition) is 8. The maximum atomic E-state index is 13.7. The second-order valence-electron chi connectivity index (χ2n) is 11.0. The predicted molar refractivity (Wildman–Crippen MR) is 163 cm³/mol. The lowest BCUT2D eigenvalue weighted by Gasteiger charge is -2.27. The van der Waals surface area contributed by atoms with Crippen LogP contribution in [0.2, 0.25) is 0 Å². The van der Waals surface area contributed by atoms with Crippen LogP contribution >= 0.6 is 0 Å². The molecule has 0 saturated carbocycles. The van der Waals surface area contributed by atoms with E-state index in [4.69, 9.17) is 9.15 Å². The molecular weight excluding hydrogens is 548 g/mol. The van der Waals surface area contributed by atoms with Crippen LogP contribution in [-0.4, -0.2) is 72.2 Å². The molecule has 0 unspecified atom stereocenters. The maximum Gasteiger partial charge on any atom is 0.338 e. The Labute approximate surface area is 251 Å². The zero-order chi connectivity index (χ0) is 30.3. The summed E-state index contributed by atoms with van der Waals surface area (Å²) in [4.78, 5) is 55.4. The van der Waals surface area contributed by atoms with Gasteiger partial charge in [-0.1, -0.05) is 12.1 Å². The van der Waals surface area contributed by atoms with Crippen molar-refractivity contribution in [3.8, 4) is 0 Å². The monoisotopic (exact) mass is 586 g/mol. The van der Waals surface area contributed by atoms with Gasteiger partial charge in [0.2, 0.25) is 11.8 Å². The number of carbonyl (C=O) groups excluding carboxylic acids is 4. The number of hydrogen-bond donors (Lipinski definition) is 2. The summed E-state index contributed by atoms with van der Waals surface area (Å²) in [7, 11) is 0. The molecule has 2 aliphatic heterocycles. The summed E-state index contributed by atoms with van der Waals surface area (Å²) in [5.74, 6) is 0.189. The molecule has 0 aliphatic carbocycles. The van der Waals surface area contributed by atoms with Gasteiger partial charge in [-0.3, -0.25) is 14.4 Å². The number of amides is 2. The second kappa shape index (κ2) is 13.6. The van der Waals surface area contributed by atoms with Gasteiger partial charge in [0, 0.05) is 42.3 Å². The molecule has 1 aromatic heterocycles. The molecule has 43 heavy (non-hydrogen) atoms. The molecule has 2 fully saturated rings. The van der Waals surface area contributed by atoms with Crippen LogP contribution in [0.15, 0.2) is 64.8 Å². The quantitative estimate of drug-likeness (QED) is 0.200. The third kappa shape index (κ3) is 7.43. The van der Waals surface area contributed by atoms with E-state index in [1.54, 1.807) is 36.1 Å². The Morgan fingerprint density at radius 3 is 2.44 bits per heavy atom. The Balaban J connectivity index is 1.38. The summed E-state index contributed by atoms with van der Waals surface area (Å²) < 4.78 is 10.7. The van der Waals surface area contributed by atoms with E-state index in [9.17, 15) is 19.2 Å². The number of fused-ring (bicyclic) bond motifs is 1. The number of furan rings is 1. The topological polar surface area (TPSA) is 121 Å². The summed E-state index contributed by atoms with van der Waals surface area (Å²) in [5, 5.41) is 7.47. The van der Waals surface area contributed by atoms with Crippen molar-refractivity contribution >= 4 is 40.2 Å². The van der Waals surface area contributed by atoms with Gasteiger partial charge in [0.25, 0.3) is 0 Å². The molecule has 2 aromatic carbocycles. The van der Waals surface area contributed by atoms with Gasteiger partial charge in [-0.05, 0) is 82.3 Å². The maximum absolute atomic E-state index is 13.7. The van der Waals surface area contributed by atoms with Gasteiger partial charge >= 0.3 is 5.97 Å². The fourth-order valence-corrected chi connectivity index (χ4v) is 5.54. The Hall–Kier alpha value is -4.60. The summed E-state index contributed by atoms with van der Waals surface area (Å²) in [6.45, 7) is 5.93. The summed E-state index contributed by atoms with van der Waals surface area (Å²) in [6, 6.07) is 13.2. The number of rotatable bonds is 10. The highest BCUT2D eigenvalue weighted by Crippen LogP contribution is 2.24. The molecule has 0 bridgehead atoms. The zero-order valence-corrected chi connectivity index (χ0v) is 24.7. The average molecular weight is 587 g/mol. The standard InChI is InChI=1S/C33H38N4O6/c1-3-42-33(41)24-11-9-23(10-12-24)28(38)20-30(34-26-13-14-29-25(19-26)18-22(2)43-29)35-27-8-4-5-17-37(32(27)40)21-31(39)36-15-6-7-16-36/h9-14,18-20,27,34-35H,3-8,15-17,21H2,1-2H3/t27-/m0/s1. The SMILES string of the molecule is CCOC(=O)c1ccc(C(=O)C=C(Nc2ccc3oc(C)cc3c2)N[C@H]2CCCCN(CC(=O)N3CCCC3)C2=O)cc1. The summed E-state index contributed by atoms with van der Waals surface area (Å²) in [5.41, 5.74) is 2.19. The van der Waals surface area contributed by atoms with Crippen LogP contribution in [-0.2, 0) is 14.3 Å². The van der Waals surface area contributed by atoms with Crippen molar-refractivity contribution in [1.82, 2.24) is 15.1 Å². The average Bonchev–Trinajstić information content (AvgIpc) is 3.63. The molecule has 3 heterocycles. The lowest BCUT2D eigenvalue weighted by atomic mass is 10.1. The van der Waals surface area contributed by atoms with E-state index in [1.165, 1.54) is 6.08 Å². The van der Waals surface area contributed by atoms with Crippen molar-refractivity contribution in [3.63, 3.8) is 0 Å². The molecule has 0 spiro atoms. The van der Waals surface area contributed by atoms with Crippen molar-refractivity contribution in [2.45, 2.75) is 52.0 Å². The van der Waals surface area contributed by atoms with Gasteiger partial charge in [-0.25, -0.2) is 4.79 Å². The molecule has 10 heteroatoms. The lowest BCUT2D eigenvalue weighted by molar-refractivity contribution is -0.140. The van der Waals surface area contributed by atoms with Crippen molar-refractivity contribution in [3.05, 3.63) is 77.3 Å². The highest BCUT2D eigenvalue weighted by Gasteiger charge is 2.30. The Bertz CT molecular complexity index is 1520. The summed E-state index contributed by atoms with van der Waals surface area (Å²) in [6.07, 6.45) is 5.57. The molecule has 5 rings (SSSR count). The molecule has 226 valence electrons. The molecule has 2 saturated heterocycles. The van der Waals surface area contributed by atoms with Crippen LogP contribution in [0.1, 0.15) is 65.5 Å². The van der Waals surface area contributed by atoms with Crippen LogP contribution in [0.5, 0.6) is 0 Å². The van der Waals surface area contributed by atoms with E-state index in [-0.39, 0.29) is 30.7 Å². The minimum Gasteiger partial charge on any atom is -0.462 e. The number of allylic oxidation sites excluding steroid dienone is 1. The number of ether oxygens (including phenoxy) is 1. The minimum atomic E-state index is -0.619. The number of ketones is 1. The highest BCUT2D eigenvalue weighted by molar-refractivity contribution is 6.05. The van der Waals surface area contributed by atoms with E-state index >= 15 is 0 Å². The third-order valence-corrected chi connectivity index (χ3v) is 7.77. The van der Waals surface area contributed by atoms with Crippen LogP contribution in [0.4, 0.5) is 5.69 Å². The van der Waals surface area contributed by atoms with E-state index in [0.29, 0.717) is 35.6 Å². The first-order valence-electron chi connectivity index (χ1n) is 14.9. The van der Waals surface area contributed by atoms with Gasteiger partial charge in [-0.2, -0.15) is 0 Å². The number of likely N-dealkylation sites (tertiary alicyclic amines) is 2. The van der Waals surface area contributed by atoms with Gasteiger partial charge in [0.1, 0.15) is 23.2 Å². The molecule has 0 radical (unpaired) electrons. The minimum absolute atomic E-state index is 0.0226. The number of benzene rings is 2. The molecule has 2 amide bonds. The number of nitrogens with zero attached hydrogens (tertiary/aromatic N) is 2. The van der Waals surface area contributed by atoms with Gasteiger partial charge in [0.15, 0.2) is 5.78 Å². The normalized spacial score (nSPS) is 17.6. The molecule has 2 N–H and O–H groups in total. The number of carbonyl (C=O) groups is 4. The van der Waals surface area contributed by atoms with E-state index in [1.807, 2.05) is 36.1 Å². The third-order valence-electron chi connectivity index (χ3n) is 7.77. The van der Waals surface area contributed by atoms with Crippen molar-refractivity contribution in [2.75, 3.05) is 38.1 Å². The van der Waals surface area contributed by atoms with Crippen molar-refractivity contribution in [2.24, 2.45) is 0 Å². The van der Waals surface area contributed by atoms with Crippen molar-refractivity contribution < 1.29 is 28.3 Å². The second-order valence-corrected chi connectivity index (χ2v) is 11.0. The van der Waals surface area contributed by atoms with Crippen LogP contribution in [0.3, 0.4) is 0 Å². The Kier molecular flexibility index (Phi) is 9.44. The fourth-order valence-electron chi connectivity index (χ4n) is 5.54. The van der Waals surface area contributed by atoms with Crippen LogP contribution < -0.4 is 10.6 Å². The van der Waals surface area contributed by atoms with Gasteiger partial charge in [-0.15, -0.1) is 0 Å². The first-order chi connectivity index (χ1) is 20.8. The molecular formula is C33H38N4O6. The predicted octanol–water partition coefficient (Wildman–Crippen LogP) is 4.65. The lowest BCUT2D eigenvalue weighted by Crippen LogP contribution is -2.49. The first-order valence-corrected chi connectivity index (χ1v) is 14.9. The van der Waals surface area contributed by atoms with Crippen molar-refractivity contribution in [1.29, 1.82) is 0 Å². The van der Waals surface area contributed by atoms with Gasteiger partial charge in [0.05, 0.1) is 18.7 Å². The first kappa shape index (κ1) is 29.9. The number of nitrogens with one attached hydrogen (secondary N) is 2. The Morgan fingerprint density at radius 2 is 1.70 bits per heavy atom. The zero-order valence-electron chi connectivity index (χ0n) is 24.7. The fraction of sp³-hybridized carbons (Fsp3) is 0.394. The van der Waals surface area contributed by atoms with Crippen LogP contribution in [0.25, 0.3) is 11.0 Å². The number of anilines is 1. The molecule has 10 nitrogen and oxygen atoms in total. The molecule has 1 atom stereocenters. The van der Waals surface area contributed by atoms with E-state index in [0.717, 1.165) is 55.5 Å². The molecule has 3 aromatic rings. The van der Waals surface area contributed by atoms with Crippen LogP contribution in [0, 0.1) is 6.92 Å². The largest absolute Gasteiger partial charge is 0.462 e. The number of esters is 1. The highest BCUT2D eigenvalue weighted by atomic mass is 16.5. The summed E-state index contributed by atoms with van der Waals surface area (Å²) >= 11 is 0. The molecule has 2 aliphatic rings. The van der Waals surface area contributed by atoms with E-state index in [2.05, 4.69) is 10.6 Å². The Morgan fingerprint density at radius 1 is 0.977 bits per heavy atom. The van der Waals surface area contributed by atoms with Gasteiger partial charge < -0.3 is 29.6 Å². The number of aryl methyl sites for hydroxylation is 1. The van der Waals surface area contributed by atoms with E-state index < -0.39 is 12.0 Å².